The number of nitrogens with zero attached hydrogens (tertiary/aromatic N) is 4. The van der Waals surface area contributed by atoms with Crippen molar-refractivity contribution in [3.05, 3.63) is 48.5 Å². The highest BCUT2D eigenvalue weighted by Crippen LogP contribution is 2.39. The van der Waals surface area contributed by atoms with Crippen molar-refractivity contribution in [2.24, 2.45) is 9.63 Å². The Balaban J connectivity index is 1.97. The number of carbonyl (C=O) groups excluding carboxylic acids is 1. The highest BCUT2D eigenvalue weighted by molar-refractivity contribution is 7.90. The van der Waals surface area contributed by atoms with Gasteiger partial charge in [-0.3, -0.25) is 14.3 Å². The van der Waals surface area contributed by atoms with Crippen LogP contribution in [0.5, 0.6) is 5.88 Å². The number of carbonyl (C=O) groups is 1. The second-order valence-corrected chi connectivity index (χ2v) is 8.51. The molecule has 0 saturated carbocycles. The van der Waals surface area contributed by atoms with E-state index in [1.165, 1.54) is 31.2 Å². The van der Waals surface area contributed by atoms with Gasteiger partial charge in [0.25, 0.3) is 10.0 Å². The summed E-state index contributed by atoms with van der Waals surface area (Å²) in [5.74, 6) is -0.403. The summed E-state index contributed by atoms with van der Waals surface area (Å²) in [6.07, 6.45) is 0. The van der Waals surface area contributed by atoms with Gasteiger partial charge in [0.1, 0.15) is 0 Å². The summed E-state index contributed by atoms with van der Waals surface area (Å²) in [4.78, 5) is 13.1. The molecule has 0 fully saturated rings. The molecule has 3 rings (SSSR count). The number of hydrogen-bond acceptors (Lipinski definition) is 6. The van der Waals surface area contributed by atoms with E-state index < -0.39 is 10.0 Å². The van der Waals surface area contributed by atoms with Gasteiger partial charge in [0.15, 0.2) is 5.69 Å². The van der Waals surface area contributed by atoms with Crippen molar-refractivity contribution in [2.45, 2.75) is 32.3 Å². The number of fused-ring (bicyclic) bond motifs is 1. The molecule has 0 aliphatic carbocycles. The quantitative estimate of drug-likeness (QED) is 0.509. The van der Waals surface area contributed by atoms with E-state index in [4.69, 9.17) is 0 Å². The first kappa shape index (κ1) is 22.4. The normalized spacial score (nSPS) is 12.1. The van der Waals surface area contributed by atoms with Gasteiger partial charge in [-0.2, -0.15) is 8.42 Å². The van der Waals surface area contributed by atoms with Crippen molar-refractivity contribution >= 4 is 38.2 Å². The summed E-state index contributed by atoms with van der Waals surface area (Å²) < 4.78 is 30.5. The number of benzene rings is 2. The minimum Gasteiger partial charge on any atom is -0.493 e. The van der Waals surface area contributed by atoms with Gasteiger partial charge in [0.2, 0.25) is 11.8 Å². The molecule has 0 aliphatic rings. The number of rotatable bonds is 8. The molecule has 1 amide bonds. The Morgan fingerprint density at radius 1 is 1.10 bits per heavy atom. The zero-order valence-electron chi connectivity index (χ0n) is 17.6. The summed E-state index contributed by atoms with van der Waals surface area (Å²) in [6.45, 7) is 7.44. The minimum absolute atomic E-state index is 0.0725. The van der Waals surface area contributed by atoms with Crippen molar-refractivity contribution in [3.63, 3.8) is 0 Å². The van der Waals surface area contributed by atoms with Crippen LogP contribution in [0.4, 0.5) is 11.4 Å². The predicted molar refractivity (Wildman–Crippen MR) is 119 cm³/mol. The van der Waals surface area contributed by atoms with Gasteiger partial charge in [-0.05, 0) is 43.4 Å². The molecule has 0 aliphatic heterocycles. The zero-order chi connectivity index (χ0) is 22.6. The fraction of sp³-hybridized carbons (Fsp3) is 0.286. The first-order valence-electron chi connectivity index (χ1n) is 9.85. The smallest absolute Gasteiger partial charge is 0.299 e. The molecule has 1 aromatic heterocycles. The van der Waals surface area contributed by atoms with Crippen LogP contribution in [0, 0.1) is 0 Å². The van der Waals surface area contributed by atoms with Crippen LogP contribution in [0.25, 0.3) is 10.9 Å². The summed E-state index contributed by atoms with van der Waals surface area (Å²) in [5, 5.41) is 17.9. The number of sulfonamides is 1. The topological polar surface area (TPSA) is 116 Å². The average Bonchev–Trinajstić information content (AvgIpc) is 3.01. The molecule has 0 atom stereocenters. The van der Waals surface area contributed by atoms with Crippen LogP contribution < -0.4 is 5.32 Å². The van der Waals surface area contributed by atoms with Gasteiger partial charge >= 0.3 is 0 Å². The summed E-state index contributed by atoms with van der Waals surface area (Å²) in [6, 6.07) is 12.8. The van der Waals surface area contributed by atoms with Crippen LogP contribution in [0.3, 0.4) is 0 Å². The second kappa shape index (κ2) is 9.27. The molecule has 1 heterocycles. The summed E-state index contributed by atoms with van der Waals surface area (Å²) in [5.41, 5.74) is 1.31. The maximum atomic E-state index is 12.6. The van der Waals surface area contributed by atoms with Gasteiger partial charge < -0.3 is 10.4 Å². The van der Waals surface area contributed by atoms with Gasteiger partial charge in [-0.15, -0.1) is 5.11 Å². The largest absolute Gasteiger partial charge is 0.493 e. The van der Waals surface area contributed by atoms with Gasteiger partial charge in [-0.1, -0.05) is 36.6 Å². The molecule has 10 heteroatoms. The Morgan fingerprint density at radius 3 is 2.35 bits per heavy atom. The SMILES string of the molecule is CCN(CC)Cn1c(O)c(N=NS(=O)(=O)c2ccc(NC(C)=O)cc2)c2ccccc21. The minimum atomic E-state index is -4.10. The maximum absolute atomic E-state index is 12.6. The molecule has 0 bridgehead atoms. The van der Waals surface area contributed by atoms with Crippen LogP contribution in [-0.2, 0) is 21.5 Å². The number of nitrogens with one attached hydrogen (secondary N) is 1. The zero-order valence-corrected chi connectivity index (χ0v) is 18.4. The lowest BCUT2D eigenvalue weighted by atomic mass is 10.2. The van der Waals surface area contributed by atoms with Crippen molar-refractivity contribution in [2.75, 3.05) is 18.4 Å². The Kier molecular flexibility index (Phi) is 6.71. The van der Waals surface area contributed by atoms with E-state index in [1.54, 1.807) is 16.7 Å². The molecule has 0 spiro atoms. The number of amides is 1. The molecule has 164 valence electrons. The lowest BCUT2D eigenvalue weighted by Gasteiger charge is -2.19. The average molecular weight is 444 g/mol. The Labute approximate surface area is 181 Å². The van der Waals surface area contributed by atoms with Gasteiger partial charge in [0, 0.05) is 18.0 Å². The number of para-hydroxylation sites is 1. The van der Waals surface area contributed by atoms with Crippen LogP contribution in [-0.4, -0.2) is 42.0 Å². The number of anilines is 1. The molecule has 3 aromatic rings. The van der Waals surface area contributed by atoms with E-state index in [1.807, 2.05) is 26.0 Å². The molecule has 31 heavy (non-hydrogen) atoms. The number of aromatic nitrogens is 1. The lowest BCUT2D eigenvalue weighted by Crippen LogP contribution is -2.25. The number of aromatic hydroxyl groups is 1. The Morgan fingerprint density at radius 2 is 1.74 bits per heavy atom. The van der Waals surface area contributed by atoms with Gasteiger partial charge in [-0.25, -0.2) is 0 Å². The fourth-order valence-corrected chi connectivity index (χ4v) is 3.96. The second-order valence-electron chi connectivity index (χ2n) is 6.92. The molecule has 2 aromatic carbocycles. The van der Waals surface area contributed by atoms with Crippen molar-refractivity contribution < 1.29 is 18.3 Å². The molecule has 2 N–H and O–H groups in total. The van der Waals surface area contributed by atoms with Crippen LogP contribution in [0.15, 0.2) is 63.1 Å². The third-order valence-corrected chi connectivity index (χ3v) is 6.04. The van der Waals surface area contributed by atoms with Gasteiger partial charge in [0.05, 0.1) is 17.1 Å². The summed E-state index contributed by atoms with van der Waals surface area (Å²) >= 11 is 0. The third-order valence-electron chi connectivity index (χ3n) is 4.87. The van der Waals surface area contributed by atoms with Crippen molar-refractivity contribution in [3.8, 4) is 5.88 Å². The van der Waals surface area contributed by atoms with E-state index in [-0.39, 0.29) is 22.4 Å². The fourth-order valence-electron chi connectivity index (χ4n) is 3.19. The van der Waals surface area contributed by atoms with Crippen LogP contribution in [0.2, 0.25) is 0 Å². The Hall–Kier alpha value is -3.24. The molecule has 0 saturated heterocycles. The van der Waals surface area contributed by atoms with Crippen molar-refractivity contribution in [1.82, 2.24) is 9.47 Å². The summed E-state index contributed by atoms with van der Waals surface area (Å²) in [7, 11) is -4.10. The van der Waals surface area contributed by atoms with E-state index in [0.29, 0.717) is 17.7 Å². The van der Waals surface area contributed by atoms with Crippen LogP contribution >= 0.6 is 0 Å². The molecule has 9 nitrogen and oxygen atoms in total. The number of hydrogen-bond donors (Lipinski definition) is 2. The monoisotopic (exact) mass is 443 g/mol. The van der Waals surface area contributed by atoms with Crippen molar-refractivity contribution in [1.29, 1.82) is 0 Å². The molecular formula is C21H25N5O4S. The van der Waals surface area contributed by atoms with Crippen LogP contribution in [0.1, 0.15) is 20.8 Å². The van der Waals surface area contributed by atoms with E-state index >= 15 is 0 Å². The standard InChI is InChI=1S/C21H25N5O4S/c1-4-25(5-2)14-26-19-9-7-6-8-18(19)20(21(26)28)23-24-31(29,30)17-12-10-16(11-13-17)22-15(3)27/h6-13,28H,4-5,14H2,1-3H3,(H,22,27). The Bertz CT molecular complexity index is 1210. The first-order chi connectivity index (χ1) is 14.8. The molecule has 0 radical (unpaired) electrons. The third kappa shape index (κ3) is 4.92. The maximum Gasteiger partial charge on any atom is 0.299 e. The van der Waals surface area contributed by atoms with E-state index in [0.717, 1.165) is 18.6 Å². The highest BCUT2D eigenvalue weighted by Gasteiger charge is 2.19. The van der Waals surface area contributed by atoms with E-state index in [9.17, 15) is 18.3 Å². The molecule has 0 unspecified atom stereocenters. The molecular weight excluding hydrogens is 418 g/mol. The lowest BCUT2D eigenvalue weighted by molar-refractivity contribution is -0.114. The first-order valence-corrected chi connectivity index (χ1v) is 11.3. The predicted octanol–water partition coefficient (Wildman–Crippen LogP) is 4.08. The highest BCUT2D eigenvalue weighted by atomic mass is 32.2. The van der Waals surface area contributed by atoms with E-state index in [2.05, 4.69) is 19.9 Å².